The summed E-state index contributed by atoms with van der Waals surface area (Å²) in [6, 6.07) is 29.1. The maximum atomic E-state index is 13.5. The van der Waals surface area contributed by atoms with Crippen molar-refractivity contribution in [2.24, 2.45) is 9.14 Å². The van der Waals surface area contributed by atoms with Crippen LogP contribution < -0.4 is 20.6 Å². The molecule has 3 aromatic carbocycles. The highest BCUT2D eigenvalue weighted by Gasteiger charge is 2.30. The summed E-state index contributed by atoms with van der Waals surface area (Å²) in [5.41, 5.74) is 0. The molecule has 5 nitrogen and oxygen atoms in total. The first-order chi connectivity index (χ1) is 15.5. The van der Waals surface area contributed by atoms with Gasteiger partial charge in [0.15, 0.2) is 5.17 Å². The van der Waals surface area contributed by atoms with Crippen LogP contribution in [0, 0.1) is 0 Å². The molecule has 8 heteroatoms. The van der Waals surface area contributed by atoms with Crippen molar-refractivity contribution in [1.82, 2.24) is 4.72 Å². The number of hydrogen-bond donors (Lipinski definition) is 1. The van der Waals surface area contributed by atoms with E-state index in [2.05, 4.69) is 13.9 Å². The van der Waals surface area contributed by atoms with E-state index in [1.54, 1.807) is 0 Å². The Labute approximate surface area is 195 Å². The highest BCUT2D eigenvalue weighted by Crippen LogP contribution is 2.47. The predicted octanol–water partition coefficient (Wildman–Crippen LogP) is 4.52. The third-order valence-corrected chi connectivity index (χ3v) is 10.9. The first-order valence-corrected chi connectivity index (χ1v) is 14.7. The normalized spacial score (nSPS) is 12.4. The SMILES string of the molecule is CCCN=C(NS(=O)(=O)N=P(c1ccccc1)(c1ccccc1)c1ccccc1)SCC. The molecule has 3 rings (SSSR count). The minimum absolute atomic E-state index is 0.380. The molecule has 168 valence electrons. The summed E-state index contributed by atoms with van der Waals surface area (Å²) in [4.78, 5) is 4.41. The number of rotatable bonds is 8. The lowest BCUT2D eigenvalue weighted by atomic mass is 10.4. The molecule has 0 bridgehead atoms. The van der Waals surface area contributed by atoms with Crippen molar-refractivity contribution in [3.05, 3.63) is 91.0 Å². The van der Waals surface area contributed by atoms with Gasteiger partial charge in [-0.3, -0.25) is 4.99 Å². The molecule has 0 heterocycles. The van der Waals surface area contributed by atoms with E-state index in [1.165, 1.54) is 11.8 Å². The number of thioether (sulfide) groups is 1. The average Bonchev–Trinajstić information content (AvgIpc) is 2.83. The first-order valence-electron chi connectivity index (χ1n) is 10.5. The van der Waals surface area contributed by atoms with E-state index in [0.717, 1.165) is 22.3 Å². The predicted molar refractivity (Wildman–Crippen MR) is 140 cm³/mol. The fraction of sp³-hybridized carbons (Fsp3) is 0.208. The van der Waals surface area contributed by atoms with Gasteiger partial charge in [0.2, 0.25) is 0 Å². The Kier molecular flexibility index (Phi) is 8.74. The fourth-order valence-corrected chi connectivity index (χ4v) is 9.85. The van der Waals surface area contributed by atoms with Crippen LogP contribution in [0.15, 0.2) is 100 Å². The Morgan fingerprint density at radius 2 is 1.25 bits per heavy atom. The van der Waals surface area contributed by atoms with Gasteiger partial charge in [-0.1, -0.05) is 117 Å². The molecule has 0 saturated heterocycles. The first kappa shape index (κ1) is 24.3. The Bertz CT molecular complexity index is 1080. The molecule has 0 fully saturated rings. The zero-order valence-electron chi connectivity index (χ0n) is 18.3. The summed E-state index contributed by atoms with van der Waals surface area (Å²) in [6.07, 6.45) is 0.835. The Hall–Kier alpha value is -2.34. The Balaban J connectivity index is 2.30. The second kappa shape index (κ2) is 11.5. The lowest BCUT2D eigenvalue weighted by Gasteiger charge is -2.26. The van der Waals surface area contributed by atoms with E-state index < -0.39 is 17.3 Å². The highest BCUT2D eigenvalue weighted by atomic mass is 32.2. The third kappa shape index (κ3) is 5.91. The second-order valence-corrected chi connectivity index (χ2v) is 12.8. The summed E-state index contributed by atoms with van der Waals surface area (Å²) in [5.74, 6) is 0.710. The van der Waals surface area contributed by atoms with E-state index in [0.29, 0.717) is 17.5 Å². The maximum Gasteiger partial charge on any atom is 0.343 e. The average molecular weight is 486 g/mol. The molecule has 1 N–H and O–H groups in total. The number of aliphatic imine (C=N–C) groups is 1. The molecule has 0 aromatic heterocycles. The number of nitrogens with zero attached hydrogens (tertiary/aromatic N) is 2. The van der Waals surface area contributed by atoms with Crippen molar-refractivity contribution >= 4 is 50.1 Å². The lowest BCUT2D eigenvalue weighted by molar-refractivity contribution is 0.595. The van der Waals surface area contributed by atoms with Crippen LogP contribution in [0.2, 0.25) is 0 Å². The molecular weight excluding hydrogens is 457 g/mol. The van der Waals surface area contributed by atoms with E-state index >= 15 is 0 Å². The zero-order chi connectivity index (χ0) is 22.9. The van der Waals surface area contributed by atoms with Crippen molar-refractivity contribution < 1.29 is 8.42 Å². The van der Waals surface area contributed by atoms with Crippen LogP contribution in [0.25, 0.3) is 0 Å². The zero-order valence-corrected chi connectivity index (χ0v) is 20.8. The number of benzene rings is 3. The number of amidine groups is 1. The van der Waals surface area contributed by atoms with Crippen LogP contribution in [0.5, 0.6) is 0 Å². The largest absolute Gasteiger partial charge is 0.343 e. The van der Waals surface area contributed by atoms with Gasteiger partial charge in [0.25, 0.3) is 0 Å². The molecule has 3 aromatic rings. The molecule has 0 unspecified atom stereocenters. The Morgan fingerprint density at radius 3 is 1.62 bits per heavy atom. The Morgan fingerprint density at radius 1 is 0.812 bits per heavy atom. The van der Waals surface area contributed by atoms with Crippen LogP contribution in [-0.4, -0.2) is 25.9 Å². The van der Waals surface area contributed by atoms with Crippen molar-refractivity contribution in [2.75, 3.05) is 12.3 Å². The quantitative estimate of drug-likeness (QED) is 0.290. The molecule has 0 saturated carbocycles. The van der Waals surface area contributed by atoms with Gasteiger partial charge in [0, 0.05) is 22.5 Å². The monoisotopic (exact) mass is 485 g/mol. The smallest absolute Gasteiger partial charge is 0.262 e. The van der Waals surface area contributed by atoms with Crippen LogP contribution in [-0.2, 0) is 10.2 Å². The standard InChI is InChI=1S/C24H28N3O2PS2/c1-3-20-25-24(31-4-2)26-32(28,29)27-30(21-14-8-5-9-15-21,22-16-10-6-11-17-22)23-18-12-7-13-19-23/h5-19H,3-4,20H2,1-2H3,(H,25,26). The summed E-state index contributed by atoms with van der Waals surface area (Å²) in [5, 5.41) is 3.00. The molecule has 32 heavy (non-hydrogen) atoms. The molecular formula is C24H28N3O2PS2. The summed E-state index contributed by atoms with van der Waals surface area (Å²) in [6.45, 7) is 4.53. The van der Waals surface area contributed by atoms with E-state index in [1.807, 2.05) is 105 Å². The molecule has 0 amide bonds. The van der Waals surface area contributed by atoms with E-state index in [9.17, 15) is 8.42 Å². The topological polar surface area (TPSA) is 70.9 Å². The van der Waals surface area contributed by atoms with Crippen LogP contribution in [0.3, 0.4) is 0 Å². The fourth-order valence-electron chi connectivity index (χ4n) is 3.27. The molecule has 0 aliphatic carbocycles. The van der Waals surface area contributed by atoms with Crippen molar-refractivity contribution in [3.63, 3.8) is 0 Å². The summed E-state index contributed by atoms with van der Waals surface area (Å²) < 4.78 is 34.2. The molecule has 0 radical (unpaired) electrons. The minimum atomic E-state index is -4.06. The van der Waals surface area contributed by atoms with E-state index in [-0.39, 0.29) is 0 Å². The van der Waals surface area contributed by atoms with Crippen molar-refractivity contribution in [1.29, 1.82) is 0 Å². The maximum absolute atomic E-state index is 13.5. The molecule has 0 spiro atoms. The highest BCUT2D eigenvalue weighted by molar-refractivity contribution is 8.15. The van der Waals surface area contributed by atoms with Crippen molar-refractivity contribution in [2.45, 2.75) is 20.3 Å². The molecule has 0 atom stereocenters. The number of hydrogen-bond acceptors (Lipinski definition) is 4. The number of nitrogens with one attached hydrogen (secondary N) is 1. The van der Waals surface area contributed by atoms with Gasteiger partial charge in [-0.15, -0.1) is 0 Å². The van der Waals surface area contributed by atoms with Gasteiger partial charge in [-0.2, -0.15) is 12.6 Å². The molecule has 0 aliphatic heterocycles. The lowest BCUT2D eigenvalue weighted by Crippen LogP contribution is -2.31. The van der Waals surface area contributed by atoms with Gasteiger partial charge >= 0.3 is 10.2 Å². The van der Waals surface area contributed by atoms with Gasteiger partial charge in [0.05, 0.1) is 7.05 Å². The summed E-state index contributed by atoms with van der Waals surface area (Å²) in [7, 11) is -6.93. The second-order valence-electron chi connectivity index (χ2n) is 6.92. The third-order valence-electron chi connectivity index (χ3n) is 4.60. The van der Waals surface area contributed by atoms with Crippen LogP contribution in [0.4, 0.5) is 0 Å². The van der Waals surface area contributed by atoms with Gasteiger partial charge in [-0.25, -0.2) is 4.72 Å². The van der Waals surface area contributed by atoms with Crippen LogP contribution in [0.1, 0.15) is 20.3 Å². The van der Waals surface area contributed by atoms with Crippen LogP contribution >= 0.6 is 18.8 Å². The minimum Gasteiger partial charge on any atom is -0.262 e. The summed E-state index contributed by atoms with van der Waals surface area (Å²) >= 11 is 1.37. The van der Waals surface area contributed by atoms with Crippen molar-refractivity contribution in [3.8, 4) is 0 Å². The molecule has 0 aliphatic rings. The van der Waals surface area contributed by atoms with Gasteiger partial charge < -0.3 is 0 Å². The van der Waals surface area contributed by atoms with Gasteiger partial charge in [-0.05, 0) is 12.2 Å². The van der Waals surface area contributed by atoms with Gasteiger partial charge in [0.1, 0.15) is 0 Å². The van der Waals surface area contributed by atoms with E-state index in [4.69, 9.17) is 0 Å².